The first-order valence-electron chi connectivity index (χ1n) is 4.89. The summed E-state index contributed by atoms with van der Waals surface area (Å²) in [6, 6.07) is 1.39. The maximum atomic E-state index is 11.6. The van der Waals surface area contributed by atoms with E-state index in [1.807, 2.05) is 0 Å². The molecular weight excluding hydrogens is 283 g/mol. The van der Waals surface area contributed by atoms with Crippen molar-refractivity contribution in [1.29, 1.82) is 0 Å². The number of hydrogen-bond donors (Lipinski definition) is 2. The van der Waals surface area contributed by atoms with Crippen LogP contribution in [0.3, 0.4) is 0 Å². The van der Waals surface area contributed by atoms with Gasteiger partial charge in [-0.05, 0) is 6.07 Å². The Kier molecular flexibility index (Phi) is 5.84. The molecule has 0 aromatic carbocycles. The van der Waals surface area contributed by atoms with Crippen molar-refractivity contribution in [3.05, 3.63) is 28.0 Å². The third-order valence-corrected chi connectivity index (χ3v) is 2.50. The van der Waals surface area contributed by atoms with Crippen LogP contribution in [0, 0.1) is 0 Å². The molecule has 98 valence electrons. The number of carbonyl (C=O) groups excluding carboxylic acids is 1. The molecule has 0 fully saturated rings. The molecule has 0 saturated heterocycles. The topological polar surface area (TPSA) is 88.5 Å². The molecule has 0 unspecified atom stereocenters. The van der Waals surface area contributed by atoms with Crippen LogP contribution >= 0.6 is 23.2 Å². The highest BCUT2D eigenvalue weighted by Crippen LogP contribution is 2.19. The Bertz CT molecular complexity index is 454. The summed E-state index contributed by atoms with van der Waals surface area (Å²) >= 11 is 11.3. The normalized spacial score (nSPS) is 10.1. The first-order valence-corrected chi connectivity index (χ1v) is 5.65. The van der Waals surface area contributed by atoms with Crippen LogP contribution in [0.1, 0.15) is 10.4 Å². The Labute approximate surface area is 113 Å². The van der Waals surface area contributed by atoms with Gasteiger partial charge in [-0.1, -0.05) is 23.2 Å². The Balaban J connectivity index is 2.36. The highest BCUT2D eigenvalue weighted by atomic mass is 35.5. The summed E-state index contributed by atoms with van der Waals surface area (Å²) in [5, 5.41) is 11.1. The number of nitrogens with one attached hydrogen (secondary N) is 1. The van der Waals surface area contributed by atoms with Gasteiger partial charge in [0, 0.05) is 12.7 Å². The number of rotatable bonds is 6. The van der Waals surface area contributed by atoms with Crippen molar-refractivity contribution in [2.24, 2.45) is 0 Å². The third kappa shape index (κ3) is 4.87. The summed E-state index contributed by atoms with van der Waals surface area (Å²) < 4.78 is 4.75. The largest absolute Gasteiger partial charge is 0.480 e. The number of nitrogens with zero attached hydrogens (tertiary/aromatic N) is 1. The molecule has 0 aliphatic rings. The van der Waals surface area contributed by atoms with Crippen molar-refractivity contribution >= 4 is 35.1 Å². The maximum absolute atomic E-state index is 11.6. The first kappa shape index (κ1) is 14.7. The highest BCUT2D eigenvalue weighted by molar-refractivity contribution is 6.41. The van der Waals surface area contributed by atoms with Crippen molar-refractivity contribution < 1.29 is 19.4 Å². The van der Waals surface area contributed by atoms with Crippen molar-refractivity contribution in [1.82, 2.24) is 10.3 Å². The van der Waals surface area contributed by atoms with Gasteiger partial charge in [-0.2, -0.15) is 0 Å². The minimum absolute atomic E-state index is 0.104. The lowest BCUT2D eigenvalue weighted by molar-refractivity contribution is -0.142. The number of aliphatic carboxylic acids is 1. The van der Waals surface area contributed by atoms with E-state index in [1.54, 1.807) is 0 Å². The van der Waals surface area contributed by atoms with Gasteiger partial charge in [-0.3, -0.25) is 4.79 Å². The number of halogens is 2. The Morgan fingerprint density at radius 3 is 2.78 bits per heavy atom. The number of aromatic nitrogens is 1. The highest BCUT2D eigenvalue weighted by Gasteiger charge is 2.08. The molecule has 0 atom stereocenters. The molecule has 18 heavy (non-hydrogen) atoms. The molecule has 1 aromatic rings. The number of ether oxygens (including phenoxy) is 1. The summed E-state index contributed by atoms with van der Waals surface area (Å²) in [5.74, 6) is -1.45. The van der Waals surface area contributed by atoms with Crippen molar-refractivity contribution in [2.45, 2.75) is 0 Å². The van der Waals surface area contributed by atoms with Gasteiger partial charge >= 0.3 is 5.97 Å². The molecule has 1 rings (SSSR count). The van der Waals surface area contributed by atoms with Gasteiger partial charge in [-0.25, -0.2) is 9.78 Å². The molecule has 1 amide bonds. The summed E-state index contributed by atoms with van der Waals surface area (Å²) in [4.78, 5) is 25.5. The predicted molar refractivity (Wildman–Crippen MR) is 65.0 cm³/mol. The quantitative estimate of drug-likeness (QED) is 0.608. The second-order valence-corrected chi connectivity index (χ2v) is 3.96. The van der Waals surface area contributed by atoms with E-state index >= 15 is 0 Å². The molecule has 0 aliphatic carbocycles. The van der Waals surface area contributed by atoms with Crippen molar-refractivity contribution in [2.75, 3.05) is 19.8 Å². The summed E-state index contributed by atoms with van der Waals surface area (Å²) in [6.07, 6.45) is 1.29. The van der Waals surface area contributed by atoms with Gasteiger partial charge < -0.3 is 15.2 Å². The van der Waals surface area contributed by atoms with Crippen LogP contribution in [0.5, 0.6) is 0 Å². The number of carbonyl (C=O) groups is 2. The van der Waals surface area contributed by atoms with E-state index in [0.717, 1.165) is 0 Å². The number of hydrogen-bond acceptors (Lipinski definition) is 4. The van der Waals surface area contributed by atoms with E-state index in [9.17, 15) is 9.59 Å². The minimum Gasteiger partial charge on any atom is -0.480 e. The standard InChI is InChI=1S/C10H10Cl2N2O4/c11-7-3-6(4-14-9(7)12)10(17)13-1-2-18-5-8(15)16/h3-4H,1-2,5H2,(H,13,17)(H,15,16). The Morgan fingerprint density at radius 2 is 2.17 bits per heavy atom. The van der Waals surface area contributed by atoms with Crippen LogP contribution in [0.25, 0.3) is 0 Å². The van der Waals surface area contributed by atoms with Gasteiger partial charge in [0.25, 0.3) is 5.91 Å². The third-order valence-electron chi connectivity index (χ3n) is 1.82. The van der Waals surface area contributed by atoms with E-state index in [-0.39, 0.29) is 34.8 Å². The second kappa shape index (κ2) is 7.15. The van der Waals surface area contributed by atoms with Crippen LogP contribution in [0.15, 0.2) is 12.3 Å². The van der Waals surface area contributed by atoms with E-state index in [4.69, 9.17) is 33.0 Å². The zero-order valence-corrected chi connectivity index (χ0v) is 10.7. The average Bonchev–Trinajstić information content (AvgIpc) is 2.31. The van der Waals surface area contributed by atoms with Gasteiger partial charge in [0.1, 0.15) is 11.8 Å². The molecule has 0 aliphatic heterocycles. The zero-order valence-electron chi connectivity index (χ0n) is 9.15. The lowest BCUT2D eigenvalue weighted by atomic mass is 10.3. The maximum Gasteiger partial charge on any atom is 0.329 e. The SMILES string of the molecule is O=C(O)COCCNC(=O)c1cnc(Cl)c(Cl)c1. The van der Waals surface area contributed by atoms with Crippen molar-refractivity contribution in [3.8, 4) is 0 Å². The van der Waals surface area contributed by atoms with Crippen LogP contribution in [-0.4, -0.2) is 41.7 Å². The fourth-order valence-electron chi connectivity index (χ4n) is 1.04. The van der Waals surface area contributed by atoms with Crippen LogP contribution in [0.2, 0.25) is 10.2 Å². The molecule has 6 nitrogen and oxygen atoms in total. The molecule has 0 spiro atoms. The Morgan fingerprint density at radius 1 is 1.44 bits per heavy atom. The second-order valence-electron chi connectivity index (χ2n) is 3.20. The lowest BCUT2D eigenvalue weighted by Crippen LogP contribution is -2.28. The zero-order chi connectivity index (χ0) is 13.5. The van der Waals surface area contributed by atoms with Crippen LogP contribution in [0.4, 0.5) is 0 Å². The van der Waals surface area contributed by atoms with E-state index in [1.165, 1.54) is 12.3 Å². The first-order chi connectivity index (χ1) is 8.50. The molecule has 8 heteroatoms. The molecule has 2 N–H and O–H groups in total. The molecule has 0 radical (unpaired) electrons. The fourth-order valence-corrected chi connectivity index (χ4v) is 1.31. The van der Waals surface area contributed by atoms with Gasteiger partial charge in [0.15, 0.2) is 0 Å². The predicted octanol–water partition coefficient (Wildman–Crippen LogP) is 1.22. The van der Waals surface area contributed by atoms with Gasteiger partial charge in [0.05, 0.1) is 17.2 Å². The average molecular weight is 293 g/mol. The lowest BCUT2D eigenvalue weighted by Gasteiger charge is -2.05. The molecular formula is C10H10Cl2N2O4. The fraction of sp³-hybridized carbons (Fsp3) is 0.300. The van der Waals surface area contributed by atoms with Crippen LogP contribution in [-0.2, 0) is 9.53 Å². The van der Waals surface area contributed by atoms with Crippen LogP contribution < -0.4 is 5.32 Å². The summed E-state index contributed by atoms with van der Waals surface area (Å²) in [6.45, 7) is -0.108. The number of amides is 1. The number of carboxylic acids is 1. The van der Waals surface area contributed by atoms with E-state index < -0.39 is 12.6 Å². The van der Waals surface area contributed by atoms with E-state index in [0.29, 0.717) is 0 Å². The summed E-state index contributed by atoms with van der Waals surface area (Å²) in [5.41, 5.74) is 0.266. The minimum atomic E-state index is -1.06. The molecule has 1 heterocycles. The smallest absolute Gasteiger partial charge is 0.329 e. The van der Waals surface area contributed by atoms with Crippen molar-refractivity contribution in [3.63, 3.8) is 0 Å². The van der Waals surface area contributed by atoms with E-state index in [2.05, 4.69) is 10.3 Å². The molecule has 0 bridgehead atoms. The molecule has 1 aromatic heterocycles. The monoisotopic (exact) mass is 292 g/mol. The van der Waals surface area contributed by atoms with Gasteiger partial charge in [0.2, 0.25) is 0 Å². The summed E-state index contributed by atoms with van der Waals surface area (Å²) in [7, 11) is 0. The van der Waals surface area contributed by atoms with Gasteiger partial charge in [-0.15, -0.1) is 0 Å². The Hall–Kier alpha value is -1.37. The number of carboxylic acid groups (broad SMARTS) is 1. The number of pyridine rings is 1. The molecule has 0 saturated carbocycles.